The highest BCUT2D eigenvalue weighted by atomic mass is 16.5. The third-order valence-electron chi connectivity index (χ3n) is 4.11. The Morgan fingerprint density at radius 2 is 1.85 bits per heavy atom. The quantitative estimate of drug-likeness (QED) is 0.831. The summed E-state index contributed by atoms with van der Waals surface area (Å²) in [5, 5.41) is 2.56. The van der Waals surface area contributed by atoms with Crippen molar-refractivity contribution in [2.45, 2.75) is 32.0 Å². The van der Waals surface area contributed by atoms with Crippen molar-refractivity contribution in [1.29, 1.82) is 0 Å². The van der Waals surface area contributed by atoms with Gasteiger partial charge in [-0.05, 0) is 29.7 Å². The lowest BCUT2D eigenvalue weighted by molar-refractivity contribution is -0.150. The molecule has 1 aliphatic rings. The van der Waals surface area contributed by atoms with Crippen molar-refractivity contribution in [1.82, 2.24) is 15.2 Å². The second-order valence-electron chi connectivity index (χ2n) is 5.97. The highest BCUT2D eigenvalue weighted by molar-refractivity contribution is 6.01. The number of hydrogen-bond acceptors (Lipinski definition) is 5. The van der Waals surface area contributed by atoms with Crippen molar-refractivity contribution >= 4 is 17.9 Å². The van der Waals surface area contributed by atoms with Crippen LogP contribution in [-0.4, -0.2) is 33.8 Å². The second-order valence-corrected chi connectivity index (χ2v) is 5.97. The summed E-state index contributed by atoms with van der Waals surface area (Å²) >= 11 is 0. The minimum Gasteiger partial charge on any atom is -0.445 e. The zero-order valence-electron chi connectivity index (χ0n) is 14.1. The zero-order valence-corrected chi connectivity index (χ0v) is 14.1. The fraction of sp³-hybridized carbons (Fsp3) is 0.263. The molecule has 1 aromatic carbocycles. The largest absolute Gasteiger partial charge is 0.445 e. The van der Waals surface area contributed by atoms with Crippen molar-refractivity contribution in [3.63, 3.8) is 0 Å². The number of pyridine rings is 1. The number of amides is 3. The first-order chi connectivity index (χ1) is 12.6. The highest BCUT2D eigenvalue weighted by Crippen LogP contribution is 2.16. The number of piperidine rings is 1. The molecule has 2 aromatic rings. The van der Waals surface area contributed by atoms with Gasteiger partial charge in [-0.25, -0.2) is 4.79 Å². The van der Waals surface area contributed by atoms with Crippen LogP contribution in [0.1, 0.15) is 24.0 Å². The molecule has 0 aliphatic carbocycles. The van der Waals surface area contributed by atoms with Crippen molar-refractivity contribution < 1.29 is 19.1 Å². The Labute approximate surface area is 151 Å². The Kier molecular flexibility index (Phi) is 5.58. The summed E-state index contributed by atoms with van der Waals surface area (Å²) in [6.07, 6.45) is 2.99. The van der Waals surface area contributed by atoms with E-state index < -0.39 is 18.0 Å². The maximum absolute atomic E-state index is 12.6. The number of aromatic nitrogens is 1. The lowest BCUT2D eigenvalue weighted by Crippen LogP contribution is -2.54. The summed E-state index contributed by atoms with van der Waals surface area (Å²) in [7, 11) is 0. The number of carbonyl (C=O) groups is 3. The van der Waals surface area contributed by atoms with Gasteiger partial charge in [-0.2, -0.15) is 0 Å². The molecule has 2 heterocycles. The van der Waals surface area contributed by atoms with E-state index in [2.05, 4.69) is 10.3 Å². The first-order valence-corrected chi connectivity index (χ1v) is 8.34. The first kappa shape index (κ1) is 17.6. The van der Waals surface area contributed by atoms with Crippen molar-refractivity contribution in [3.05, 3.63) is 66.0 Å². The minimum atomic E-state index is -0.766. The van der Waals surface area contributed by atoms with E-state index in [1.165, 1.54) is 4.90 Å². The number of nitrogens with one attached hydrogen (secondary N) is 1. The summed E-state index contributed by atoms with van der Waals surface area (Å²) in [6, 6.07) is 12.0. The average Bonchev–Trinajstić information content (AvgIpc) is 2.67. The number of carbonyl (C=O) groups excluding carboxylic acids is 3. The predicted octanol–water partition coefficient (Wildman–Crippen LogP) is 2.03. The molecule has 134 valence electrons. The van der Waals surface area contributed by atoms with E-state index in [-0.39, 0.29) is 31.9 Å². The van der Waals surface area contributed by atoms with E-state index in [9.17, 15) is 14.4 Å². The van der Waals surface area contributed by atoms with Crippen LogP contribution < -0.4 is 5.32 Å². The Bertz CT molecular complexity index is 780. The molecule has 3 rings (SSSR count). The van der Waals surface area contributed by atoms with Crippen molar-refractivity contribution in [3.8, 4) is 0 Å². The van der Waals surface area contributed by atoms with Gasteiger partial charge in [-0.1, -0.05) is 30.3 Å². The molecule has 1 atom stereocenters. The van der Waals surface area contributed by atoms with Gasteiger partial charge in [0.05, 0.1) is 6.54 Å². The summed E-state index contributed by atoms with van der Waals surface area (Å²) in [5.41, 5.74) is 1.65. The van der Waals surface area contributed by atoms with Crippen LogP contribution in [0.3, 0.4) is 0 Å². The molecule has 1 N–H and O–H groups in total. The van der Waals surface area contributed by atoms with E-state index >= 15 is 0 Å². The van der Waals surface area contributed by atoms with Crippen LogP contribution >= 0.6 is 0 Å². The standard InChI is InChI=1S/C19H19N3O4/c23-17-7-6-16(18(24)22(17)12-14-8-10-20-11-9-14)21-19(25)26-13-15-4-2-1-3-5-15/h1-5,8-11,16H,6-7,12-13H2,(H,21,25)/t16-/m0/s1. The third kappa shape index (κ3) is 4.44. The van der Waals surface area contributed by atoms with E-state index in [1.54, 1.807) is 24.5 Å². The van der Waals surface area contributed by atoms with Gasteiger partial charge >= 0.3 is 6.09 Å². The summed E-state index contributed by atoms with van der Waals surface area (Å²) in [5.74, 6) is -0.669. The Hall–Kier alpha value is -3.22. The van der Waals surface area contributed by atoms with Crippen LogP contribution in [0.4, 0.5) is 4.79 Å². The van der Waals surface area contributed by atoms with Crippen LogP contribution in [0, 0.1) is 0 Å². The molecular formula is C19H19N3O4. The van der Waals surface area contributed by atoms with Gasteiger partial charge in [0, 0.05) is 18.8 Å². The van der Waals surface area contributed by atoms with Crippen molar-refractivity contribution in [2.24, 2.45) is 0 Å². The topological polar surface area (TPSA) is 88.6 Å². The number of benzene rings is 1. The SMILES string of the molecule is O=C(N[C@H]1CCC(=O)N(Cc2ccncc2)C1=O)OCc1ccccc1. The molecular weight excluding hydrogens is 334 g/mol. The van der Waals surface area contributed by atoms with Crippen LogP contribution in [-0.2, 0) is 27.5 Å². The molecule has 0 saturated carbocycles. The zero-order chi connectivity index (χ0) is 18.4. The van der Waals surface area contributed by atoms with Gasteiger partial charge in [-0.3, -0.25) is 19.5 Å². The molecule has 1 aliphatic heterocycles. The third-order valence-corrected chi connectivity index (χ3v) is 4.11. The van der Waals surface area contributed by atoms with E-state index in [0.717, 1.165) is 11.1 Å². The molecule has 3 amide bonds. The Morgan fingerprint density at radius 1 is 1.12 bits per heavy atom. The van der Waals surface area contributed by atoms with Crippen LogP contribution in [0.2, 0.25) is 0 Å². The maximum atomic E-state index is 12.6. The number of ether oxygens (including phenoxy) is 1. The van der Waals surface area contributed by atoms with Gasteiger partial charge in [0.15, 0.2) is 0 Å². The van der Waals surface area contributed by atoms with E-state index in [4.69, 9.17) is 4.74 Å². The number of likely N-dealkylation sites (tertiary alicyclic amines) is 1. The van der Waals surface area contributed by atoms with Gasteiger partial charge in [0.1, 0.15) is 12.6 Å². The van der Waals surface area contributed by atoms with Crippen LogP contribution in [0.5, 0.6) is 0 Å². The molecule has 0 bridgehead atoms. The normalized spacial score (nSPS) is 17.1. The molecule has 0 radical (unpaired) electrons. The molecule has 0 spiro atoms. The second kappa shape index (κ2) is 8.24. The summed E-state index contributed by atoms with van der Waals surface area (Å²) in [4.78, 5) is 41.7. The van der Waals surface area contributed by atoms with E-state index in [0.29, 0.717) is 0 Å². The van der Waals surface area contributed by atoms with Gasteiger partial charge < -0.3 is 10.1 Å². The summed E-state index contributed by atoms with van der Waals surface area (Å²) < 4.78 is 5.15. The molecule has 1 saturated heterocycles. The maximum Gasteiger partial charge on any atom is 0.408 e. The van der Waals surface area contributed by atoms with Crippen molar-refractivity contribution in [2.75, 3.05) is 0 Å². The van der Waals surface area contributed by atoms with E-state index in [1.807, 2.05) is 30.3 Å². The Balaban J connectivity index is 1.56. The fourth-order valence-corrected chi connectivity index (χ4v) is 2.72. The van der Waals surface area contributed by atoms with Gasteiger partial charge in [0.2, 0.25) is 5.91 Å². The number of nitrogens with zero attached hydrogens (tertiary/aromatic N) is 2. The first-order valence-electron chi connectivity index (χ1n) is 8.34. The van der Waals surface area contributed by atoms with Crippen LogP contribution in [0.25, 0.3) is 0 Å². The van der Waals surface area contributed by atoms with Gasteiger partial charge in [-0.15, -0.1) is 0 Å². The molecule has 7 heteroatoms. The summed E-state index contributed by atoms with van der Waals surface area (Å²) in [6.45, 7) is 0.282. The number of rotatable bonds is 5. The van der Waals surface area contributed by atoms with Gasteiger partial charge in [0.25, 0.3) is 5.91 Å². The average molecular weight is 353 g/mol. The highest BCUT2D eigenvalue weighted by Gasteiger charge is 2.35. The monoisotopic (exact) mass is 353 g/mol. The van der Waals surface area contributed by atoms with Crippen LogP contribution in [0.15, 0.2) is 54.9 Å². The smallest absolute Gasteiger partial charge is 0.408 e. The molecule has 1 fully saturated rings. The fourth-order valence-electron chi connectivity index (χ4n) is 2.72. The lowest BCUT2D eigenvalue weighted by Gasteiger charge is -2.30. The molecule has 0 unspecified atom stereocenters. The number of alkyl carbamates (subject to hydrolysis) is 1. The lowest BCUT2D eigenvalue weighted by atomic mass is 10.0. The number of imide groups is 1. The molecule has 26 heavy (non-hydrogen) atoms. The Morgan fingerprint density at radius 3 is 2.58 bits per heavy atom. The predicted molar refractivity (Wildman–Crippen MR) is 92.6 cm³/mol. The minimum absolute atomic E-state index is 0.118. The molecule has 7 nitrogen and oxygen atoms in total. The molecule has 1 aromatic heterocycles. The number of hydrogen-bond donors (Lipinski definition) is 1.